The molecule has 0 aliphatic carbocycles. The van der Waals surface area contributed by atoms with Crippen molar-refractivity contribution >= 4 is 29.0 Å². The van der Waals surface area contributed by atoms with E-state index in [2.05, 4.69) is 5.32 Å². The molecule has 1 aliphatic rings. The van der Waals surface area contributed by atoms with Gasteiger partial charge in [0.1, 0.15) is 5.84 Å². The molecule has 1 fully saturated rings. The van der Waals surface area contributed by atoms with Gasteiger partial charge in [-0.3, -0.25) is 25.7 Å². The van der Waals surface area contributed by atoms with Gasteiger partial charge in [-0.1, -0.05) is 48.5 Å². The van der Waals surface area contributed by atoms with Crippen LogP contribution < -0.4 is 15.7 Å². The Morgan fingerprint density at radius 3 is 2.57 bits per heavy atom. The van der Waals surface area contributed by atoms with Crippen LogP contribution in [0.1, 0.15) is 47.4 Å². The molecule has 0 saturated carbocycles. The molecule has 1 heterocycles. The largest absolute Gasteiger partial charge is 0.326 e. The molecule has 1 aliphatic heterocycles. The fourth-order valence-electron chi connectivity index (χ4n) is 4.53. The van der Waals surface area contributed by atoms with Crippen molar-refractivity contribution in [3.63, 3.8) is 0 Å². The van der Waals surface area contributed by atoms with Crippen LogP contribution >= 0.6 is 0 Å². The second-order valence-electron chi connectivity index (χ2n) is 8.85. The molecule has 0 spiro atoms. The number of anilines is 2. The van der Waals surface area contributed by atoms with Crippen LogP contribution in [-0.2, 0) is 16.0 Å². The van der Waals surface area contributed by atoms with Crippen molar-refractivity contribution in [1.82, 2.24) is 5.48 Å². The summed E-state index contributed by atoms with van der Waals surface area (Å²) in [5.41, 5.74) is 6.68. The molecule has 1 saturated heterocycles. The summed E-state index contributed by atoms with van der Waals surface area (Å²) in [6, 6.07) is 22.5. The third-order valence-corrected chi connectivity index (χ3v) is 6.36. The zero-order valence-electron chi connectivity index (χ0n) is 19.8. The molecule has 0 aromatic heterocycles. The van der Waals surface area contributed by atoms with Crippen LogP contribution in [0.25, 0.3) is 0 Å². The number of hydroxylamine groups is 1. The molecule has 0 radical (unpaired) electrons. The third-order valence-electron chi connectivity index (χ3n) is 6.36. The van der Waals surface area contributed by atoms with Gasteiger partial charge in [0, 0.05) is 29.9 Å². The summed E-state index contributed by atoms with van der Waals surface area (Å²) < 4.78 is 0. The normalized spacial score (nSPS) is 14.3. The molecule has 3 aromatic carbocycles. The molecule has 4 rings (SSSR count). The van der Waals surface area contributed by atoms with Crippen molar-refractivity contribution in [2.24, 2.45) is 0 Å². The maximum Gasteiger partial charge on any atom is 0.232 e. The van der Waals surface area contributed by atoms with E-state index in [9.17, 15) is 9.59 Å². The summed E-state index contributed by atoms with van der Waals surface area (Å²) in [6.45, 7) is 2.68. The number of hydrogen-bond acceptors (Lipinski definition) is 4. The fraction of sp³-hybridized carbons (Fsp3) is 0.250. The number of benzene rings is 3. The van der Waals surface area contributed by atoms with Gasteiger partial charge in [-0.2, -0.15) is 0 Å². The van der Waals surface area contributed by atoms with E-state index in [1.807, 2.05) is 71.9 Å². The highest BCUT2D eigenvalue weighted by Gasteiger charge is 2.23. The van der Waals surface area contributed by atoms with Gasteiger partial charge in [0.15, 0.2) is 0 Å². The van der Waals surface area contributed by atoms with Crippen LogP contribution in [0.15, 0.2) is 72.8 Å². The number of rotatable bonds is 7. The Hall–Kier alpha value is -3.97. The summed E-state index contributed by atoms with van der Waals surface area (Å²) in [6.07, 6.45) is 2.94. The summed E-state index contributed by atoms with van der Waals surface area (Å²) >= 11 is 0. The van der Waals surface area contributed by atoms with Crippen molar-refractivity contribution in [1.29, 1.82) is 5.41 Å². The van der Waals surface area contributed by atoms with Crippen molar-refractivity contribution in [3.8, 4) is 0 Å². The van der Waals surface area contributed by atoms with E-state index in [0.29, 0.717) is 24.1 Å². The highest BCUT2D eigenvalue weighted by atomic mass is 16.5. The van der Waals surface area contributed by atoms with Crippen molar-refractivity contribution < 1.29 is 14.8 Å². The predicted molar refractivity (Wildman–Crippen MR) is 137 cm³/mol. The lowest BCUT2D eigenvalue weighted by atomic mass is 9.90. The molecular formula is C28H30N4O3. The molecule has 4 N–H and O–H groups in total. The van der Waals surface area contributed by atoms with E-state index in [-0.39, 0.29) is 17.6 Å². The van der Waals surface area contributed by atoms with Gasteiger partial charge in [-0.25, -0.2) is 0 Å². The average molecular weight is 471 g/mol. The maximum absolute atomic E-state index is 13.5. The topological polar surface area (TPSA) is 106 Å². The predicted octanol–water partition coefficient (Wildman–Crippen LogP) is 4.78. The lowest BCUT2D eigenvalue weighted by Crippen LogP contribution is -2.35. The Morgan fingerprint density at radius 2 is 1.86 bits per heavy atom. The molecular weight excluding hydrogens is 440 g/mol. The number of nitrogens with zero attached hydrogens (tertiary/aromatic N) is 1. The van der Waals surface area contributed by atoms with Gasteiger partial charge >= 0.3 is 0 Å². The van der Waals surface area contributed by atoms with E-state index >= 15 is 0 Å². The number of carbonyl (C=O) groups excluding carboxylic acids is 2. The minimum Gasteiger partial charge on any atom is -0.326 e. The van der Waals surface area contributed by atoms with Gasteiger partial charge in [0.05, 0.1) is 5.92 Å². The van der Waals surface area contributed by atoms with Gasteiger partial charge in [-0.05, 0) is 67.1 Å². The van der Waals surface area contributed by atoms with E-state index in [0.717, 1.165) is 41.8 Å². The number of amides is 2. The van der Waals surface area contributed by atoms with Crippen molar-refractivity contribution in [2.75, 3.05) is 16.8 Å². The molecule has 35 heavy (non-hydrogen) atoms. The molecule has 2 amide bonds. The van der Waals surface area contributed by atoms with E-state index in [1.54, 1.807) is 18.2 Å². The minimum absolute atomic E-state index is 0.102. The Balaban J connectivity index is 1.56. The van der Waals surface area contributed by atoms with Crippen LogP contribution in [0.5, 0.6) is 0 Å². The highest BCUT2D eigenvalue weighted by molar-refractivity contribution is 5.98. The average Bonchev–Trinajstić information content (AvgIpc) is 2.88. The summed E-state index contributed by atoms with van der Waals surface area (Å²) in [7, 11) is 0. The van der Waals surface area contributed by atoms with Gasteiger partial charge < -0.3 is 10.2 Å². The van der Waals surface area contributed by atoms with Gasteiger partial charge in [-0.15, -0.1) is 0 Å². The Labute approximate surface area is 205 Å². The quantitative estimate of drug-likeness (QED) is 0.226. The van der Waals surface area contributed by atoms with Gasteiger partial charge in [0.2, 0.25) is 11.8 Å². The molecule has 7 heteroatoms. The van der Waals surface area contributed by atoms with E-state index in [1.165, 1.54) is 0 Å². The second-order valence-corrected chi connectivity index (χ2v) is 8.85. The number of piperidine rings is 1. The minimum atomic E-state index is -0.452. The first kappa shape index (κ1) is 24.2. The monoisotopic (exact) mass is 470 g/mol. The fourth-order valence-corrected chi connectivity index (χ4v) is 4.53. The zero-order valence-corrected chi connectivity index (χ0v) is 19.8. The molecule has 7 nitrogen and oxygen atoms in total. The first-order chi connectivity index (χ1) is 17.0. The molecule has 1 unspecified atom stereocenters. The Kier molecular flexibility index (Phi) is 7.57. The molecule has 180 valence electrons. The van der Waals surface area contributed by atoms with Crippen LogP contribution in [0, 0.1) is 12.3 Å². The number of amidine groups is 1. The molecule has 3 aromatic rings. The molecule has 1 atom stereocenters. The summed E-state index contributed by atoms with van der Waals surface area (Å²) in [4.78, 5) is 27.6. The first-order valence-corrected chi connectivity index (χ1v) is 11.8. The lowest BCUT2D eigenvalue weighted by molar-refractivity contribution is -0.119. The summed E-state index contributed by atoms with van der Waals surface area (Å²) in [5.74, 6) is -0.549. The van der Waals surface area contributed by atoms with Crippen LogP contribution in [0.2, 0.25) is 0 Å². The second kappa shape index (κ2) is 11.0. The van der Waals surface area contributed by atoms with E-state index < -0.39 is 5.92 Å². The first-order valence-electron chi connectivity index (χ1n) is 11.8. The maximum atomic E-state index is 13.5. The Bertz CT molecular complexity index is 1230. The van der Waals surface area contributed by atoms with Crippen LogP contribution in [0.4, 0.5) is 11.4 Å². The van der Waals surface area contributed by atoms with Crippen LogP contribution in [0.3, 0.4) is 0 Å². The third kappa shape index (κ3) is 5.75. The SMILES string of the molecule is Cc1cc(NC(=O)C(Cc2cccc(C(=N)NO)c2)c2ccccc2)ccc1N1CCCCC1=O. The van der Waals surface area contributed by atoms with Crippen molar-refractivity contribution in [2.45, 2.75) is 38.5 Å². The number of nitrogens with one attached hydrogen (secondary N) is 3. The van der Waals surface area contributed by atoms with Crippen molar-refractivity contribution in [3.05, 3.63) is 95.1 Å². The lowest BCUT2D eigenvalue weighted by Gasteiger charge is -2.28. The number of carbonyl (C=O) groups is 2. The standard InChI is InChI=1S/C28H30N4O3/c1-19-16-23(13-14-25(19)32-15-6-5-12-26(32)33)30-28(34)24(21-9-3-2-4-10-21)18-20-8-7-11-22(17-20)27(29)31-35/h2-4,7-11,13-14,16-17,24,35H,5-6,12,15,18H2,1H3,(H2,29,31)(H,30,34). The zero-order chi connectivity index (χ0) is 24.8. The smallest absolute Gasteiger partial charge is 0.232 e. The summed E-state index contributed by atoms with van der Waals surface area (Å²) in [5, 5.41) is 19.9. The highest BCUT2D eigenvalue weighted by Crippen LogP contribution is 2.29. The number of aryl methyl sites for hydroxylation is 1. The van der Waals surface area contributed by atoms with Gasteiger partial charge in [0.25, 0.3) is 0 Å². The Morgan fingerprint density at radius 1 is 1.06 bits per heavy atom. The molecule has 0 bridgehead atoms. The van der Waals surface area contributed by atoms with E-state index in [4.69, 9.17) is 10.6 Å². The van der Waals surface area contributed by atoms with Crippen LogP contribution in [-0.4, -0.2) is 29.4 Å². The number of hydrogen-bond donors (Lipinski definition) is 4.